The number of benzene rings is 1. The first-order valence-electron chi connectivity index (χ1n) is 8.73. The van der Waals surface area contributed by atoms with Gasteiger partial charge < -0.3 is 15.0 Å². The van der Waals surface area contributed by atoms with Crippen LogP contribution < -0.4 is 20.5 Å². The van der Waals surface area contributed by atoms with Crippen LogP contribution in [-0.2, 0) is 18.3 Å². The normalized spacial score (nSPS) is 16.5. The molecule has 0 saturated carbocycles. The predicted octanol–water partition coefficient (Wildman–Crippen LogP) is 0.974. The molecule has 26 heavy (non-hydrogen) atoms. The molecule has 0 radical (unpaired) electrons. The summed E-state index contributed by atoms with van der Waals surface area (Å²) in [6.45, 7) is 2.30. The first-order valence-corrected chi connectivity index (χ1v) is 8.73. The Morgan fingerprint density at radius 1 is 1.38 bits per heavy atom. The molecule has 1 fully saturated rings. The number of nitrogens with zero attached hydrogens (tertiary/aromatic N) is 3. The highest BCUT2D eigenvalue weighted by Gasteiger charge is 2.23. The van der Waals surface area contributed by atoms with Crippen LogP contribution in [-0.4, -0.2) is 42.4 Å². The number of aromatic nitrogens is 2. The highest BCUT2D eigenvalue weighted by molar-refractivity contribution is 5.79. The van der Waals surface area contributed by atoms with Crippen LogP contribution in [0.3, 0.4) is 0 Å². The van der Waals surface area contributed by atoms with Crippen molar-refractivity contribution < 1.29 is 9.53 Å². The fraction of sp³-hybridized carbons (Fsp3) is 0.421. The van der Waals surface area contributed by atoms with Crippen molar-refractivity contribution >= 4 is 11.6 Å². The number of hydrogen-bond donors (Lipinski definition) is 1. The number of carbonyl (C=O) groups excluding carboxylic acids is 1. The number of methoxy groups -OCH3 is 1. The lowest BCUT2D eigenvalue weighted by molar-refractivity contribution is -0.120. The van der Waals surface area contributed by atoms with Crippen LogP contribution in [0, 0.1) is 5.92 Å². The Labute approximate surface area is 152 Å². The maximum atomic E-state index is 12.2. The third kappa shape index (κ3) is 4.22. The van der Waals surface area contributed by atoms with Gasteiger partial charge in [0.25, 0.3) is 5.56 Å². The molecule has 1 N–H and O–H groups in total. The van der Waals surface area contributed by atoms with Gasteiger partial charge in [-0.1, -0.05) is 18.2 Å². The summed E-state index contributed by atoms with van der Waals surface area (Å²) in [7, 11) is 3.24. The molecule has 0 aliphatic carbocycles. The Balaban J connectivity index is 1.50. The van der Waals surface area contributed by atoms with E-state index in [1.807, 2.05) is 24.3 Å². The Kier molecular flexibility index (Phi) is 5.55. The van der Waals surface area contributed by atoms with Crippen molar-refractivity contribution in [3.8, 4) is 5.75 Å². The molecule has 1 amide bonds. The molecular weight excluding hydrogens is 332 g/mol. The molecule has 1 unspecified atom stereocenters. The van der Waals surface area contributed by atoms with Crippen LogP contribution >= 0.6 is 0 Å². The number of para-hydroxylation sites is 1. The quantitative estimate of drug-likeness (QED) is 0.835. The standard InChI is InChI=1S/C19H24N4O3/c1-22-19(25)10-16(12-21-22)23-8-7-14(13-23)11-20-18(24)9-15-5-3-4-6-17(15)26-2/h3-6,10,12,14H,7-9,11,13H2,1-2H3,(H,20,24). The van der Waals surface area contributed by atoms with E-state index in [9.17, 15) is 9.59 Å². The number of ether oxygens (including phenoxy) is 1. The largest absolute Gasteiger partial charge is 0.496 e. The summed E-state index contributed by atoms with van der Waals surface area (Å²) in [6, 6.07) is 9.15. The van der Waals surface area contributed by atoms with E-state index in [0.29, 0.717) is 18.9 Å². The lowest BCUT2D eigenvalue weighted by Crippen LogP contribution is -2.32. The third-order valence-electron chi connectivity index (χ3n) is 4.74. The number of rotatable bonds is 6. The summed E-state index contributed by atoms with van der Waals surface area (Å²) < 4.78 is 6.60. The summed E-state index contributed by atoms with van der Waals surface area (Å²) >= 11 is 0. The maximum Gasteiger partial charge on any atom is 0.268 e. The molecule has 2 heterocycles. The number of carbonyl (C=O) groups is 1. The van der Waals surface area contributed by atoms with Gasteiger partial charge in [-0.15, -0.1) is 0 Å². The molecular formula is C19H24N4O3. The van der Waals surface area contributed by atoms with Crippen molar-refractivity contribution in [2.75, 3.05) is 31.6 Å². The van der Waals surface area contributed by atoms with E-state index in [-0.39, 0.29) is 11.5 Å². The van der Waals surface area contributed by atoms with Crippen molar-refractivity contribution in [3.05, 3.63) is 52.4 Å². The second-order valence-corrected chi connectivity index (χ2v) is 6.57. The lowest BCUT2D eigenvalue weighted by Gasteiger charge is -2.18. The summed E-state index contributed by atoms with van der Waals surface area (Å²) in [4.78, 5) is 26.1. The van der Waals surface area contributed by atoms with E-state index >= 15 is 0 Å². The van der Waals surface area contributed by atoms with E-state index in [1.54, 1.807) is 26.4 Å². The molecule has 0 spiro atoms. The molecule has 7 nitrogen and oxygen atoms in total. The molecule has 1 aromatic heterocycles. The first kappa shape index (κ1) is 18.0. The first-order chi connectivity index (χ1) is 12.6. The fourth-order valence-electron chi connectivity index (χ4n) is 3.21. The van der Waals surface area contributed by atoms with Crippen LogP contribution in [0.1, 0.15) is 12.0 Å². The lowest BCUT2D eigenvalue weighted by atomic mass is 10.1. The van der Waals surface area contributed by atoms with Gasteiger partial charge in [0.2, 0.25) is 5.91 Å². The summed E-state index contributed by atoms with van der Waals surface area (Å²) in [5.41, 5.74) is 1.61. The summed E-state index contributed by atoms with van der Waals surface area (Å²) in [5.74, 6) is 1.08. The van der Waals surface area contributed by atoms with Gasteiger partial charge in [0, 0.05) is 38.3 Å². The van der Waals surface area contributed by atoms with Gasteiger partial charge in [0.05, 0.1) is 25.4 Å². The molecule has 0 bridgehead atoms. The Morgan fingerprint density at radius 2 is 2.19 bits per heavy atom. The molecule has 1 aromatic carbocycles. The molecule has 3 rings (SSSR count). The molecule has 2 aromatic rings. The van der Waals surface area contributed by atoms with Crippen LogP contribution in [0.15, 0.2) is 41.3 Å². The molecule has 1 atom stereocenters. The zero-order valence-corrected chi connectivity index (χ0v) is 15.1. The minimum absolute atomic E-state index is 0.0109. The zero-order valence-electron chi connectivity index (χ0n) is 15.1. The van der Waals surface area contributed by atoms with Gasteiger partial charge in [0.15, 0.2) is 0 Å². The zero-order chi connectivity index (χ0) is 18.5. The predicted molar refractivity (Wildman–Crippen MR) is 99.5 cm³/mol. The number of hydrogen-bond acceptors (Lipinski definition) is 5. The molecule has 7 heteroatoms. The minimum Gasteiger partial charge on any atom is -0.496 e. The van der Waals surface area contributed by atoms with Gasteiger partial charge in [-0.05, 0) is 18.4 Å². The molecule has 138 valence electrons. The number of anilines is 1. The molecule has 1 aliphatic rings. The van der Waals surface area contributed by atoms with Gasteiger partial charge in [-0.2, -0.15) is 5.10 Å². The Morgan fingerprint density at radius 3 is 2.96 bits per heavy atom. The maximum absolute atomic E-state index is 12.2. The average molecular weight is 356 g/mol. The highest BCUT2D eigenvalue weighted by Crippen LogP contribution is 2.22. The van der Waals surface area contributed by atoms with Crippen LogP contribution in [0.5, 0.6) is 5.75 Å². The summed E-state index contributed by atoms with van der Waals surface area (Å²) in [5, 5.41) is 7.08. The van der Waals surface area contributed by atoms with Crippen molar-refractivity contribution in [1.29, 1.82) is 0 Å². The fourth-order valence-corrected chi connectivity index (χ4v) is 3.21. The second kappa shape index (κ2) is 8.03. The van der Waals surface area contributed by atoms with Gasteiger partial charge >= 0.3 is 0 Å². The Hall–Kier alpha value is -2.83. The van der Waals surface area contributed by atoms with E-state index in [1.165, 1.54) is 4.68 Å². The second-order valence-electron chi connectivity index (χ2n) is 6.57. The van der Waals surface area contributed by atoms with Crippen molar-refractivity contribution in [1.82, 2.24) is 15.1 Å². The molecule has 1 saturated heterocycles. The van der Waals surface area contributed by atoms with Crippen LogP contribution in [0.4, 0.5) is 5.69 Å². The van der Waals surface area contributed by atoms with Crippen molar-refractivity contribution in [3.63, 3.8) is 0 Å². The van der Waals surface area contributed by atoms with Gasteiger partial charge in [-0.25, -0.2) is 4.68 Å². The molecule has 1 aliphatic heterocycles. The van der Waals surface area contributed by atoms with Crippen molar-refractivity contribution in [2.45, 2.75) is 12.8 Å². The Bertz CT molecular complexity index is 834. The van der Waals surface area contributed by atoms with Crippen LogP contribution in [0.25, 0.3) is 0 Å². The van der Waals surface area contributed by atoms with E-state index in [0.717, 1.165) is 36.5 Å². The van der Waals surface area contributed by atoms with E-state index in [2.05, 4.69) is 15.3 Å². The summed E-state index contributed by atoms with van der Waals surface area (Å²) in [6.07, 6.45) is 2.99. The van der Waals surface area contributed by atoms with Crippen molar-refractivity contribution in [2.24, 2.45) is 13.0 Å². The van der Waals surface area contributed by atoms with Crippen LogP contribution in [0.2, 0.25) is 0 Å². The number of aryl methyl sites for hydroxylation is 1. The number of amides is 1. The van der Waals surface area contributed by atoms with Gasteiger partial charge in [-0.3, -0.25) is 9.59 Å². The third-order valence-corrected chi connectivity index (χ3v) is 4.74. The SMILES string of the molecule is COc1ccccc1CC(=O)NCC1CCN(c2cnn(C)c(=O)c2)C1. The number of nitrogens with one attached hydrogen (secondary N) is 1. The smallest absolute Gasteiger partial charge is 0.268 e. The highest BCUT2D eigenvalue weighted by atomic mass is 16.5. The van der Waals surface area contributed by atoms with Gasteiger partial charge in [0.1, 0.15) is 5.75 Å². The topological polar surface area (TPSA) is 76.5 Å². The van der Waals surface area contributed by atoms with E-state index < -0.39 is 0 Å². The average Bonchev–Trinajstić information content (AvgIpc) is 3.12. The minimum atomic E-state index is -0.115. The van der Waals surface area contributed by atoms with E-state index in [4.69, 9.17) is 4.74 Å². The monoisotopic (exact) mass is 356 g/mol.